The Bertz CT molecular complexity index is 737. The van der Waals surface area contributed by atoms with Gasteiger partial charge in [-0.05, 0) is 24.1 Å². The number of hydrogen-bond acceptors (Lipinski definition) is 3. The molecular weight excluding hydrogens is 335 g/mol. The average molecular weight is 358 g/mol. The highest BCUT2D eigenvalue weighted by atomic mass is 19.1. The molecular formula is C20H23FN2O3. The van der Waals surface area contributed by atoms with Gasteiger partial charge in [0.1, 0.15) is 6.04 Å². The summed E-state index contributed by atoms with van der Waals surface area (Å²) >= 11 is 0. The second-order valence-corrected chi connectivity index (χ2v) is 5.76. The summed E-state index contributed by atoms with van der Waals surface area (Å²) in [5.74, 6) is -1.16. The molecule has 0 radical (unpaired) electrons. The first-order valence-electron chi connectivity index (χ1n) is 8.49. The van der Waals surface area contributed by atoms with E-state index in [0.717, 1.165) is 5.56 Å². The predicted molar refractivity (Wildman–Crippen MR) is 97.0 cm³/mol. The molecule has 0 saturated heterocycles. The molecule has 26 heavy (non-hydrogen) atoms. The highest BCUT2D eigenvalue weighted by molar-refractivity contribution is 5.88. The second-order valence-electron chi connectivity index (χ2n) is 5.76. The van der Waals surface area contributed by atoms with E-state index in [-0.39, 0.29) is 30.7 Å². The first-order valence-corrected chi connectivity index (χ1v) is 8.49. The Kier molecular flexibility index (Phi) is 7.14. The van der Waals surface area contributed by atoms with E-state index in [9.17, 15) is 14.0 Å². The van der Waals surface area contributed by atoms with Crippen LogP contribution in [0.3, 0.4) is 0 Å². The lowest BCUT2D eigenvalue weighted by atomic mass is 10.1. The van der Waals surface area contributed by atoms with Crippen LogP contribution in [0.25, 0.3) is 0 Å². The molecule has 0 aliphatic carbocycles. The number of rotatable bonds is 8. The Labute approximate surface area is 152 Å². The topological polar surface area (TPSA) is 58.6 Å². The van der Waals surface area contributed by atoms with E-state index in [4.69, 9.17) is 4.74 Å². The minimum atomic E-state index is -0.628. The number of para-hydroxylation sites is 1. The SMILES string of the molecule is CCC(C(=O)NC)N(Cc1ccccc1)C(=O)COc1ccccc1F. The molecule has 2 aromatic carbocycles. The van der Waals surface area contributed by atoms with Gasteiger partial charge in [-0.3, -0.25) is 9.59 Å². The van der Waals surface area contributed by atoms with Gasteiger partial charge in [-0.15, -0.1) is 0 Å². The Morgan fingerprint density at radius 3 is 2.38 bits per heavy atom. The van der Waals surface area contributed by atoms with Crippen molar-refractivity contribution in [1.82, 2.24) is 10.2 Å². The molecule has 0 fully saturated rings. The predicted octanol–water partition coefficient (Wildman–Crippen LogP) is 2.76. The molecule has 0 aliphatic rings. The number of halogens is 1. The molecule has 0 spiro atoms. The largest absolute Gasteiger partial charge is 0.481 e. The molecule has 1 atom stereocenters. The number of nitrogens with zero attached hydrogens (tertiary/aromatic N) is 1. The number of likely N-dealkylation sites (N-methyl/N-ethyl adjacent to an activating group) is 1. The Hall–Kier alpha value is -2.89. The number of benzene rings is 2. The quantitative estimate of drug-likeness (QED) is 0.789. The van der Waals surface area contributed by atoms with Crippen LogP contribution in [0, 0.1) is 5.82 Å². The summed E-state index contributed by atoms with van der Waals surface area (Å²) in [5, 5.41) is 2.59. The fraction of sp³-hybridized carbons (Fsp3) is 0.300. The molecule has 0 aromatic heterocycles. The maximum atomic E-state index is 13.7. The molecule has 0 bridgehead atoms. The van der Waals surface area contributed by atoms with Gasteiger partial charge in [0.15, 0.2) is 18.2 Å². The van der Waals surface area contributed by atoms with Crippen LogP contribution in [0.2, 0.25) is 0 Å². The normalized spacial score (nSPS) is 11.5. The smallest absolute Gasteiger partial charge is 0.261 e. The van der Waals surface area contributed by atoms with Gasteiger partial charge in [0.25, 0.3) is 5.91 Å². The number of amides is 2. The molecule has 2 aromatic rings. The van der Waals surface area contributed by atoms with Crippen LogP contribution in [-0.2, 0) is 16.1 Å². The van der Waals surface area contributed by atoms with E-state index >= 15 is 0 Å². The summed E-state index contributed by atoms with van der Waals surface area (Å²) in [6.07, 6.45) is 0.456. The van der Waals surface area contributed by atoms with Crippen LogP contribution < -0.4 is 10.1 Å². The van der Waals surface area contributed by atoms with Crippen molar-refractivity contribution in [2.45, 2.75) is 25.9 Å². The van der Waals surface area contributed by atoms with Gasteiger partial charge in [-0.2, -0.15) is 0 Å². The molecule has 0 heterocycles. The minimum Gasteiger partial charge on any atom is -0.481 e. The monoisotopic (exact) mass is 358 g/mol. The molecule has 5 nitrogen and oxygen atoms in total. The van der Waals surface area contributed by atoms with Gasteiger partial charge >= 0.3 is 0 Å². The van der Waals surface area contributed by atoms with Crippen molar-refractivity contribution in [3.63, 3.8) is 0 Å². The van der Waals surface area contributed by atoms with E-state index in [1.54, 1.807) is 12.1 Å². The van der Waals surface area contributed by atoms with E-state index < -0.39 is 11.9 Å². The maximum Gasteiger partial charge on any atom is 0.261 e. The third-order valence-electron chi connectivity index (χ3n) is 4.02. The van der Waals surface area contributed by atoms with Gasteiger partial charge < -0.3 is 15.0 Å². The van der Waals surface area contributed by atoms with Crippen LogP contribution in [0.1, 0.15) is 18.9 Å². The highest BCUT2D eigenvalue weighted by Crippen LogP contribution is 2.17. The molecule has 6 heteroatoms. The lowest BCUT2D eigenvalue weighted by Crippen LogP contribution is -2.49. The molecule has 2 rings (SSSR count). The van der Waals surface area contributed by atoms with Crippen LogP contribution in [-0.4, -0.2) is 36.4 Å². The Morgan fingerprint density at radius 1 is 1.12 bits per heavy atom. The van der Waals surface area contributed by atoms with Crippen LogP contribution in [0.15, 0.2) is 54.6 Å². The summed E-state index contributed by atoms with van der Waals surface area (Å²) in [7, 11) is 1.53. The molecule has 0 saturated carbocycles. The van der Waals surface area contributed by atoms with Crippen molar-refractivity contribution in [2.24, 2.45) is 0 Å². The number of hydrogen-bond donors (Lipinski definition) is 1. The lowest BCUT2D eigenvalue weighted by molar-refractivity contribution is -0.142. The van der Waals surface area contributed by atoms with Crippen molar-refractivity contribution in [3.8, 4) is 5.75 Å². The third kappa shape index (κ3) is 5.05. The Balaban J connectivity index is 2.17. The number of ether oxygens (including phenoxy) is 1. The summed E-state index contributed by atoms with van der Waals surface area (Å²) in [6.45, 7) is 1.76. The average Bonchev–Trinajstić information content (AvgIpc) is 2.67. The fourth-order valence-electron chi connectivity index (χ4n) is 2.65. The van der Waals surface area contributed by atoms with Gasteiger partial charge in [0.2, 0.25) is 5.91 Å². The first kappa shape index (κ1) is 19.4. The third-order valence-corrected chi connectivity index (χ3v) is 4.02. The van der Waals surface area contributed by atoms with E-state index in [1.807, 2.05) is 37.3 Å². The number of carbonyl (C=O) groups excluding carboxylic acids is 2. The molecule has 1 unspecified atom stereocenters. The summed E-state index contributed by atoms with van der Waals surface area (Å²) in [6, 6.07) is 14.7. The fourth-order valence-corrected chi connectivity index (χ4v) is 2.65. The van der Waals surface area contributed by atoms with Gasteiger partial charge in [0.05, 0.1) is 0 Å². The van der Waals surface area contributed by atoms with Gasteiger partial charge in [-0.1, -0.05) is 49.4 Å². The summed E-state index contributed by atoms with van der Waals surface area (Å²) in [4.78, 5) is 26.4. The zero-order valence-corrected chi connectivity index (χ0v) is 14.9. The van der Waals surface area contributed by atoms with E-state index in [1.165, 1.54) is 24.1 Å². The number of nitrogens with one attached hydrogen (secondary N) is 1. The van der Waals surface area contributed by atoms with Crippen LogP contribution in [0.5, 0.6) is 5.75 Å². The first-order chi connectivity index (χ1) is 12.6. The van der Waals surface area contributed by atoms with Crippen LogP contribution in [0.4, 0.5) is 4.39 Å². The zero-order chi connectivity index (χ0) is 18.9. The standard InChI is InChI=1S/C20H23FN2O3/c1-3-17(20(25)22-2)23(13-15-9-5-4-6-10-15)19(24)14-26-18-12-8-7-11-16(18)21/h4-12,17H,3,13-14H2,1-2H3,(H,22,25). The maximum absolute atomic E-state index is 13.7. The van der Waals surface area contributed by atoms with E-state index in [0.29, 0.717) is 6.42 Å². The molecule has 138 valence electrons. The van der Waals surface area contributed by atoms with Crippen molar-refractivity contribution < 1.29 is 18.7 Å². The zero-order valence-electron chi connectivity index (χ0n) is 14.9. The van der Waals surface area contributed by atoms with Crippen molar-refractivity contribution in [3.05, 3.63) is 66.0 Å². The highest BCUT2D eigenvalue weighted by Gasteiger charge is 2.28. The molecule has 0 aliphatic heterocycles. The van der Waals surface area contributed by atoms with Crippen molar-refractivity contribution in [2.75, 3.05) is 13.7 Å². The second kappa shape index (κ2) is 9.56. The number of carbonyl (C=O) groups is 2. The minimum absolute atomic E-state index is 0.00787. The van der Waals surface area contributed by atoms with Crippen LogP contribution >= 0.6 is 0 Å². The molecule has 2 amide bonds. The Morgan fingerprint density at radius 2 is 1.77 bits per heavy atom. The molecule has 1 N–H and O–H groups in total. The van der Waals surface area contributed by atoms with Crippen molar-refractivity contribution in [1.29, 1.82) is 0 Å². The van der Waals surface area contributed by atoms with E-state index in [2.05, 4.69) is 5.32 Å². The van der Waals surface area contributed by atoms with Gasteiger partial charge in [-0.25, -0.2) is 4.39 Å². The summed E-state index contributed by atoms with van der Waals surface area (Å²) < 4.78 is 19.0. The lowest BCUT2D eigenvalue weighted by Gasteiger charge is -2.30. The summed E-state index contributed by atoms with van der Waals surface area (Å²) in [5.41, 5.74) is 0.897. The van der Waals surface area contributed by atoms with Crippen molar-refractivity contribution >= 4 is 11.8 Å². The van der Waals surface area contributed by atoms with Gasteiger partial charge in [0, 0.05) is 13.6 Å².